The second-order valence-corrected chi connectivity index (χ2v) is 10.5. The van der Waals surface area contributed by atoms with Gasteiger partial charge in [0, 0.05) is 10.7 Å². The Morgan fingerprint density at radius 3 is 2.49 bits per heavy atom. The van der Waals surface area contributed by atoms with E-state index in [0.717, 1.165) is 28.6 Å². The number of nitrogens with zero attached hydrogens (tertiary/aromatic N) is 1. The summed E-state index contributed by atoms with van der Waals surface area (Å²) in [6, 6.07) is 19.8. The molecule has 4 rings (SSSR count). The molecule has 1 fully saturated rings. The van der Waals surface area contributed by atoms with Gasteiger partial charge in [-0.15, -0.1) is 0 Å². The summed E-state index contributed by atoms with van der Waals surface area (Å²) >= 11 is 6.82. The molecule has 1 saturated heterocycles. The van der Waals surface area contributed by atoms with Crippen LogP contribution in [-0.2, 0) is 16.1 Å². The van der Waals surface area contributed by atoms with Gasteiger partial charge in [-0.2, -0.15) is 0 Å². The lowest BCUT2D eigenvalue weighted by atomic mass is 10.0. The Kier molecular flexibility index (Phi) is 9.32. The number of ether oxygens (including phenoxy) is 2. The predicted molar refractivity (Wildman–Crippen MR) is 155 cm³/mol. The van der Waals surface area contributed by atoms with Gasteiger partial charge in [0.05, 0.1) is 18.1 Å². The van der Waals surface area contributed by atoms with Gasteiger partial charge < -0.3 is 14.8 Å². The second-order valence-electron chi connectivity index (χ2n) is 9.11. The summed E-state index contributed by atoms with van der Waals surface area (Å²) in [5, 5.41) is 3.16. The van der Waals surface area contributed by atoms with E-state index in [4.69, 9.17) is 21.1 Å². The molecule has 202 valence electrons. The van der Waals surface area contributed by atoms with E-state index in [1.807, 2.05) is 31.2 Å². The molecule has 0 radical (unpaired) electrons. The van der Waals surface area contributed by atoms with Crippen LogP contribution in [0.1, 0.15) is 43.4 Å². The number of carbonyl (C=O) groups excluding carboxylic acids is 3. The first kappa shape index (κ1) is 28.3. The van der Waals surface area contributed by atoms with Crippen LogP contribution in [0.3, 0.4) is 0 Å². The summed E-state index contributed by atoms with van der Waals surface area (Å²) in [7, 11) is 0. The monoisotopic (exact) mass is 564 g/mol. The smallest absolute Gasteiger partial charge is 0.293 e. The molecule has 0 bridgehead atoms. The normalized spacial score (nSPS) is 14.3. The van der Waals surface area contributed by atoms with Gasteiger partial charge in [-0.1, -0.05) is 61.8 Å². The Balaban J connectivity index is 1.44. The van der Waals surface area contributed by atoms with Crippen LogP contribution in [0.4, 0.5) is 10.5 Å². The standard InChI is InChI=1S/C30H29ClN2O5S/c1-4-37-26-15-21(16-27-29(35)33(30(36)39-27)17-20-9-12-22(31)13-10-20)11-14-25(26)38-18-28(34)32-24-8-6-5-7-23(24)19(2)3/h5-16,19H,4,17-18H2,1-3H3,(H,32,34)/b27-16-. The van der Waals surface area contributed by atoms with Crippen molar-refractivity contribution in [2.24, 2.45) is 0 Å². The summed E-state index contributed by atoms with van der Waals surface area (Å²) in [6.07, 6.45) is 1.65. The quantitative estimate of drug-likeness (QED) is 0.264. The van der Waals surface area contributed by atoms with Gasteiger partial charge in [0.2, 0.25) is 0 Å². The van der Waals surface area contributed by atoms with E-state index < -0.39 is 0 Å². The third-order valence-electron chi connectivity index (χ3n) is 5.91. The molecule has 3 aromatic rings. The molecule has 1 aliphatic heterocycles. The average molecular weight is 565 g/mol. The van der Waals surface area contributed by atoms with Crippen molar-refractivity contribution >= 4 is 52.2 Å². The van der Waals surface area contributed by atoms with Crippen molar-refractivity contribution in [1.29, 1.82) is 0 Å². The van der Waals surface area contributed by atoms with E-state index >= 15 is 0 Å². The molecular weight excluding hydrogens is 536 g/mol. The largest absolute Gasteiger partial charge is 0.490 e. The second kappa shape index (κ2) is 12.9. The number of imide groups is 1. The summed E-state index contributed by atoms with van der Waals surface area (Å²) < 4.78 is 11.5. The third kappa shape index (κ3) is 7.22. The molecule has 3 aromatic carbocycles. The Morgan fingerprint density at radius 1 is 1.03 bits per heavy atom. The van der Waals surface area contributed by atoms with Crippen molar-refractivity contribution in [2.45, 2.75) is 33.2 Å². The average Bonchev–Trinajstić information content (AvgIpc) is 3.17. The number of halogens is 1. The number of anilines is 1. The molecule has 1 aliphatic rings. The molecule has 0 atom stereocenters. The van der Waals surface area contributed by atoms with Gasteiger partial charge in [0.15, 0.2) is 18.1 Å². The maximum Gasteiger partial charge on any atom is 0.293 e. The number of para-hydroxylation sites is 1. The van der Waals surface area contributed by atoms with Gasteiger partial charge in [-0.25, -0.2) is 0 Å². The number of benzene rings is 3. The highest BCUT2D eigenvalue weighted by atomic mass is 35.5. The van der Waals surface area contributed by atoms with Crippen LogP contribution in [0.5, 0.6) is 11.5 Å². The highest BCUT2D eigenvalue weighted by Gasteiger charge is 2.35. The van der Waals surface area contributed by atoms with Gasteiger partial charge in [0.25, 0.3) is 17.1 Å². The molecule has 0 aromatic heterocycles. The Hall–Kier alpha value is -3.75. The number of nitrogens with one attached hydrogen (secondary N) is 1. The van der Waals surface area contributed by atoms with E-state index in [9.17, 15) is 14.4 Å². The Labute approximate surface area is 237 Å². The van der Waals surface area contributed by atoms with Crippen LogP contribution < -0.4 is 14.8 Å². The van der Waals surface area contributed by atoms with Crippen LogP contribution in [0, 0.1) is 0 Å². The maximum absolute atomic E-state index is 13.0. The minimum absolute atomic E-state index is 0.167. The van der Waals surface area contributed by atoms with Crippen molar-refractivity contribution in [3.63, 3.8) is 0 Å². The molecule has 1 N–H and O–H groups in total. The molecule has 7 nitrogen and oxygen atoms in total. The van der Waals surface area contributed by atoms with Crippen LogP contribution in [0.15, 0.2) is 71.6 Å². The van der Waals surface area contributed by atoms with Crippen molar-refractivity contribution in [3.8, 4) is 11.5 Å². The minimum Gasteiger partial charge on any atom is -0.490 e. The first-order chi connectivity index (χ1) is 18.7. The summed E-state index contributed by atoms with van der Waals surface area (Å²) in [6.45, 7) is 6.32. The molecule has 3 amide bonds. The Bertz CT molecular complexity index is 1400. The zero-order valence-corrected chi connectivity index (χ0v) is 23.5. The first-order valence-electron chi connectivity index (χ1n) is 12.5. The van der Waals surface area contributed by atoms with E-state index in [1.54, 1.807) is 48.5 Å². The molecule has 0 saturated carbocycles. The summed E-state index contributed by atoms with van der Waals surface area (Å²) in [4.78, 5) is 39.6. The lowest BCUT2D eigenvalue weighted by Crippen LogP contribution is -2.27. The van der Waals surface area contributed by atoms with E-state index in [1.165, 1.54) is 4.90 Å². The van der Waals surface area contributed by atoms with Crippen molar-refractivity contribution < 1.29 is 23.9 Å². The lowest BCUT2D eigenvalue weighted by molar-refractivity contribution is -0.123. The molecule has 9 heteroatoms. The Morgan fingerprint density at radius 2 is 1.77 bits per heavy atom. The molecule has 0 aliphatic carbocycles. The van der Waals surface area contributed by atoms with Gasteiger partial charge in [-0.3, -0.25) is 19.3 Å². The molecule has 0 unspecified atom stereocenters. The molecule has 0 spiro atoms. The fourth-order valence-electron chi connectivity index (χ4n) is 4.01. The zero-order valence-electron chi connectivity index (χ0n) is 21.9. The number of thioether (sulfide) groups is 1. The van der Waals surface area contributed by atoms with Crippen LogP contribution in [0.25, 0.3) is 6.08 Å². The fraction of sp³-hybridized carbons (Fsp3) is 0.233. The maximum atomic E-state index is 13.0. The van der Waals surface area contributed by atoms with Gasteiger partial charge >= 0.3 is 0 Å². The number of amides is 3. The summed E-state index contributed by atoms with van der Waals surface area (Å²) in [5.41, 5.74) is 3.27. The van der Waals surface area contributed by atoms with Gasteiger partial charge in [-0.05, 0) is 77.7 Å². The summed E-state index contributed by atoms with van der Waals surface area (Å²) in [5.74, 6) is 0.443. The van der Waals surface area contributed by atoms with Crippen LogP contribution in [0.2, 0.25) is 5.02 Å². The highest BCUT2D eigenvalue weighted by molar-refractivity contribution is 8.18. The molecular formula is C30H29ClN2O5S. The van der Waals surface area contributed by atoms with E-state index in [2.05, 4.69) is 19.2 Å². The fourth-order valence-corrected chi connectivity index (χ4v) is 4.97. The van der Waals surface area contributed by atoms with Gasteiger partial charge in [0.1, 0.15) is 0 Å². The third-order valence-corrected chi connectivity index (χ3v) is 7.07. The highest BCUT2D eigenvalue weighted by Crippen LogP contribution is 2.35. The zero-order chi connectivity index (χ0) is 27.9. The van der Waals surface area contributed by atoms with Crippen molar-refractivity contribution in [2.75, 3.05) is 18.5 Å². The number of rotatable bonds is 10. The minimum atomic E-state index is -0.364. The first-order valence-corrected chi connectivity index (χ1v) is 13.7. The van der Waals surface area contributed by atoms with E-state index in [-0.39, 0.29) is 36.1 Å². The molecule has 1 heterocycles. The topological polar surface area (TPSA) is 84.9 Å². The number of hydrogen-bond acceptors (Lipinski definition) is 6. The van der Waals surface area contributed by atoms with Crippen LogP contribution >= 0.6 is 23.4 Å². The number of hydrogen-bond donors (Lipinski definition) is 1. The SMILES string of the molecule is CCOc1cc(/C=C2\SC(=O)N(Cc3ccc(Cl)cc3)C2=O)ccc1OCC(=O)Nc1ccccc1C(C)C. The van der Waals surface area contributed by atoms with E-state index in [0.29, 0.717) is 33.6 Å². The predicted octanol–water partition coefficient (Wildman–Crippen LogP) is 7.12. The van der Waals surface area contributed by atoms with Crippen molar-refractivity contribution in [1.82, 2.24) is 4.90 Å². The van der Waals surface area contributed by atoms with Crippen molar-refractivity contribution in [3.05, 3.63) is 93.3 Å². The molecule has 39 heavy (non-hydrogen) atoms. The van der Waals surface area contributed by atoms with Crippen LogP contribution in [-0.4, -0.2) is 35.2 Å². The number of carbonyl (C=O) groups is 3. The lowest BCUT2D eigenvalue weighted by Gasteiger charge is -2.15.